The molecule has 1 aliphatic rings. The van der Waals surface area contributed by atoms with Crippen molar-refractivity contribution in [3.8, 4) is 0 Å². The lowest BCUT2D eigenvalue weighted by atomic mass is 10.0. The van der Waals surface area contributed by atoms with E-state index in [1.807, 2.05) is 0 Å². The molecule has 0 unspecified atom stereocenters. The molecule has 0 amide bonds. The Morgan fingerprint density at radius 2 is 1.90 bits per heavy atom. The summed E-state index contributed by atoms with van der Waals surface area (Å²) in [5.41, 5.74) is -0.577. The first-order chi connectivity index (χ1) is 14.3. The van der Waals surface area contributed by atoms with Crippen LogP contribution < -0.4 is 10.7 Å². The highest BCUT2D eigenvalue weighted by atomic mass is 19.4. The minimum atomic E-state index is -4.52. The predicted molar refractivity (Wildman–Crippen MR) is 103 cm³/mol. The van der Waals surface area contributed by atoms with Crippen LogP contribution in [-0.2, 0) is 12.7 Å². The Kier molecular flexibility index (Phi) is 4.93. The highest BCUT2D eigenvalue weighted by Gasteiger charge is 2.32. The van der Waals surface area contributed by atoms with Crippen molar-refractivity contribution in [2.24, 2.45) is 0 Å². The maximum absolute atomic E-state index is 13.4. The third kappa shape index (κ3) is 3.60. The molecule has 0 spiro atoms. The second-order valence-electron chi connectivity index (χ2n) is 7.12. The minimum absolute atomic E-state index is 0.00807. The van der Waals surface area contributed by atoms with Crippen LogP contribution in [0.15, 0.2) is 47.3 Å². The highest BCUT2D eigenvalue weighted by Crippen LogP contribution is 2.35. The molecular weight excluding hydrogens is 397 g/mol. The van der Waals surface area contributed by atoms with Gasteiger partial charge in [-0.1, -0.05) is 24.3 Å². The molecule has 1 aromatic heterocycles. The van der Waals surface area contributed by atoms with Gasteiger partial charge in [-0.15, -0.1) is 0 Å². The van der Waals surface area contributed by atoms with Crippen molar-refractivity contribution < 1.29 is 23.1 Å². The Bertz CT molecular complexity index is 1240. The number of carboxylic acid groups (broad SMARTS) is 1. The van der Waals surface area contributed by atoms with Crippen molar-refractivity contribution in [3.63, 3.8) is 0 Å². The zero-order chi connectivity index (χ0) is 21.5. The molecular formula is C22H16F3N2O3-. The standard InChI is InChI=1S/C22H17F3N2O3/c23-22(24,25)17-7-2-1-5-13(17)11-14-6-3-4-10-27-19(14)26-18-12-15(21(29)30)8-9-16(18)20(27)28/h1-2,5,7-9,11-12H,3-4,6,10H2,(H,29,30)/p-1/b14-11+. The van der Waals surface area contributed by atoms with Gasteiger partial charge in [-0.25, -0.2) is 4.98 Å². The van der Waals surface area contributed by atoms with E-state index in [2.05, 4.69) is 4.98 Å². The van der Waals surface area contributed by atoms with Gasteiger partial charge in [-0.2, -0.15) is 13.2 Å². The molecule has 2 heterocycles. The zero-order valence-corrected chi connectivity index (χ0v) is 15.7. The predicted octanol–water partition coefficient (Wildman–Crippen LogP) is 3.50. The quantitative estimate of drug-likeness (QED) is 0.645. The third-order valence-electron chi connectivity index (χ3n) is 5.15. The molecule has 0 radical (unpaired) electrons. The zero-order valence-electron chi connectivity index (χ0n) is 15.7. The number of allylic oxidation sites excluding steroid dienone is 1. The molecule has 0 fully saturated rings. The summed E-state index contributed by atoms with van der Waals surface area (Å²) in [6, 6.07) is 9.14. The Balaban J connectivity index is 1.96. The normalized spacial score (nSPS) is 15.8. The number of hydrogen-bond donors (Lipinski definition) is 0. The van der Waals surface area contributed by atoms with Crippen LogP contribution in [0.5, 0.6) is 0 Å². The molecule has 0 N–H and O–H groups in total. The summed E-state index contributed by atoms with van der Waals surface area (Å²) in [6.45, 7) is 0.387. The van der Waals surface area contributed by atoms with Gasteiger partial charge in [-0.05, 0) is 60.2 Å². The van der Waals surface area contributed by atoms with Crippen molar-refractivity contribution in [2.75, 3.05) is 0 Å². The molecule has 0 saturated heterocycles. The molecule has 0 bridgehead atoms. The summed E-state index contributed by atoms with van der Waals surface area (Å²) < 4.78 is 41.7. The second-order valence-corrected chi connectivity index (χ2v) is 7.12. The number of carbonyl (C=O) groups is 1. The van der Waals surface area contributed by atoms with Crippen LogP contribution >= 0.6 is 0 Å². The molecule has 3 aromatic rings. The first-order valence-corrected chi connectivity index (χ1v) is 9.39. The summed E-state index contributed by atoms with van der Waals surface area (Å²) in [4.78, 5) is 28.6. The van der Waals surface area contributed by atoms with E-state index in [-0.39, 0.29) is 33.4 Å². The number of aromatic nitrogens is 2. The van der Waals surface area contributed by atoms with Gasteiger partial charge in [0.05, 0.1) is 22.4 Å². The molecule has 154 valence electrons. The fourth-order valence-electron chi connectivity index (χ4n) is 3.70. The number of benzene rings is 2. The van der Waals surface area contributed by atoms with E-state index < -0.39 is 17.7 Å². The molecule has 30 heavy (non-hydrogen) atoms. The smallest absolute Gasteiger partial charge is 0.416 e. The van der Waals surface area contributed by atoms with Crippen LogP contribution in [0.2, 0.25) is 0 Å². The first-order valence-electron chi connectivity index (χ1n) is 9.39. The van der Waals surface area contributed by atoms with E-state index >= 15 is 0 Å². The van der Waals surface area contributed by atoms with Crippen LogP contribution in [-0.4, -0.2) is 15.5 Å². The summed E-state index contributed by atoms with van der Waals surface area (Å²) in [6.07, 6.45) is -1.29. The maximum atomic E-state index is 13.4. The monoisotopic (exact) mass is 413 g/mol. The van der Waals surface area contributed by atoms with E-state index in [0.717, 1.165) is 6.07 Å². The first kappa shape index (κ1) is 19.9. The van der Waals surface area contributed by atoms with Crippen LogP contribution in [0.4, 0.5) is 13.2 Å². The molecule has 2 aromatic carbocycles. The van der Waals surface area contributed by atoms with Gasteiger partial charge in [0.2, 0.25) is 0 Å². The minimum Gasteiger partial charge on any atom is -0.545 e. The summed E-state index contributed by atoms with van der Waals surface area (Å²) in [7, 11) is 0. The number of aromatic carboxylic acids is 1. The number of carbonyl (C=O) groups excluding carboxylic acids is 1. The van der Waals surface area contributed by atoms with Crippen molar-refractivity contribution in [2.45, 2.75) is 32.0 Å². The number of rotatable bonds is 2. The maximum Gasteiger partial charge on any atom is 0.416 e. The Hall–Kier alpha value is -3.42. The lowest BCUT2D eigenvalue weighted by Gasteiger charge is -2.14. The van der Waals surface area contributed by atoms with Gasteiger partial charge < -0.3 is 9.90 Å². The molecule has 8 heteroatoms. The summed E-state index contributed by atoms with van der Waals surface area (Å²) in [5.74, 6) is -1.14. The van der Waals surface area contributed by atoms with Gasteiger partial charge in [0.15, 0.2) is 0 Å². The molecule has 0 saturated carbocycles. The van der Waals surface area contributed by atoms with E-state index in [9.17, 15) is 27.9 Å². The highest BCUT2D eigenvalue weighted by molar-refractivity contribution is 5.92. The van der Waals surface area contributed by atoms with Crippen molar-refractivity contribution in [1.29, 1.82) is 0 Å². The lowest BCUT2D eigenvalue weighted by Crippen LogP contribution is -2.25. The Morgan fingerprint density at radius 1 is 1.13 bits per heavy atom. The number of nitrogens with zero attached hydrogens (tertiary/aromatic N) is 2. The number of hydrogen-bond acceptors (Lipinski definition) is 4. The van der Waals surface area contributed by atoms with Crippen molar-refractivity contribution in [1.82, 2.24) is 9.55 Å². The van der Waals surface area contributed by atoms with E-state index in [1.54, 1.807) is 0 Å². The van der Waals surface area contributed by atoms with Gasteiger partial charge in [0, 0.05) is 6.54 Å². The van der Waals surface area contributed by atoms with Gasteiger partial charge in [-0.3, -0.25) is 9.36 Å². The molecule has 5 nitrogen and oxygen atoms in total. The van der Waals surface area contributed by atoms with Crippen molar-refractivity contribution in [3.05, 3.63) is 75.3 Å². The van der Waals surface area contributed by atoms with E-state index in [1.165, 1.54) is 47.0 Å². The number of fused-ring (bicyclic) bond motifs is 2. The summed E-state index contributed by atoms with van der Waals surface area (Å²) >= 11 is 0. The van der Waals surface area contributed by atoms with Gasteiger partial charge in [0.25, 0.3) is 5.56 Å². The van der Waals surface area contributed by atoms with E-state index in [4.69, 9.17) is 0 Å². The number of carboxylic acids is 1. The fraction of sp³-hybridized carbons (Fsp3) is 0.227. The largest absolute Gasteiger partial charge is 0.545 e. The molecule has 4 rings (SSSR count). The van der Waals surface area contributed by atoms with Crippen molar-refractivity contribution >= 4 is 28.5 Å². The molecule has 1 aliphatic heterocycles. The summed E-state index contributed by atoms with van der Waals surface area (Å²) in [5, 5.41) is 11.4. The van der Waals surface area contributed by atoms with E-state index in [0.29, 0.717) is 31.4 Å². The number of halogens is 3. The van der Waals surface area contributed by atoms with Crippen LogP contribution in [0, 0.1) is 0 Å². The lowest BCUT2D eigenvalue weighted by molar-refractivity contribution is -0.255. The molecule has 0 aliphatic carbocycles. The van der Waals surface area contributed by atoms with Gasteiger partial charge in [0.1, 0.15) is 5.82 Å². The Labute approximate surface area is 169 Å². The average molecular weight is 413 g/mol. The van der Waals surface area contributed by atoms with Crippen LogP contribution in [0.3, 0.4) is 0 Å². The fourth-order valence-corrected chi connectivity index (χ4v) is 3.70. The second kappa shape index (κ2) is 7.44. The number of alkyl halides is 3. The topological polar surface area (TPSA) is 75.0 Å². The molecule has 0 atom stereocenters. The van der Waals surface area contributed by atoms with Crippen LogP contribution in [0.25, 0.3) is 22.6 Å². The Morgan fingerprint density at radius 3 is 2.63 bits per heavy atom. The third-order valence-corrected chi connectivity index (χ3v) is 5.15. The SMILES string of the molecule is O=C([O-])c1ccc2c(=O)n3c(nc2c1)/C(=C/c1ccccc1C(F)(F)F)CCCC3. The van der Waals surface area contributed by atoms with Crippen LogP contribution in [0.1, 0.15) is 46.6 Å². The average Bonchev–Trinajstić information content (AvgIpc) is 2.90. The van der Waals surface area contributed by atoms with Gasteiger partial charge >= 0.3 is 6.18 Å².